The van der Waals surface area contributed by atoms with Crippen LogP contribution in [0.5, 0.6) is 0 Å². The third-order valence-electron chi connectivity index (χ3n) is 4.48. The van der Waals surface area contributed by atoms with E-state index in [1.807, 2.05) is 0 Å². The number of ether oxygens (including phenoxy) is 1. The largest absolute Gasteiger partial charge is 0.379 e. The lowest BCUT2D eigenvalue weighted by molar-refractivity contribution is -0.122. The van der Waals surface area contributed by atoms with Gasteiger partial charge in [0.2, 0.25) is 5.91 Å². The first-order valence-electron chi connectivity index (χ1n) is 9.15. The van der Waals surface area contributed by atoms with E-state index in [-0.39, 0.29) is 35.1 Å². The minimum atomic E-state index is -0.140. The number of Topliss-reactive ketones (excluding diaryl/α,β-unsaturated/α-hetero) is 1. The SMILES string of the molecule is CCCCCC(=O)CCOCCNC(=O)CC1SC[C@@H]2NC(=O)N[C@H]12. The Morgan fingerprint density at radius 1 is 1.24 bits per heavy atom. The van der Waals surface area contributed by atoms with Crippen molar-refractivity contribution in [3.8, 4) is 0 Å². The van der Waals surface area contributed by atoms with Gasteiger partial charge in [0, 0.05) is 36.8 Å². The summed E-state index contributed by atoms with van der Waals surface area (Å²) < 4.78 is 5.41. The molecule has 0 aromatic heterocycles. The van der Waals surface area contributed by atoms with Crippen molar-refractivity contribution in [3.63, 3.8) is 0 Å². The Bertz CT molecular complexity index is 475. The molecular formula is C17H29N3O4S. The summed E-state index contributed by atoms with van der Waals surface area (Å²) in [5.74, 6) is 1.06. The number of carbonyl (C=O) groups is 3. The van der Waals surface area contributed by atoms with Gasteiger partial charge in [0.15, 0.2) is 0 Å². The first-order valence-corrected chi connectivity index (χ1v) is 10.2. The minimum absolute atomic E-state index is 0.0291. The molecule has 3 N–H and O–H groups in total. The average Bonchev–Trinajstić information content (AvgIpc) is 3.11. The lowest BCUT2D eigenvalue weighted by Gasteiger charge is -2.16. The van der Waals surface area contributed by atoms with Crippen LogP contribution in [0.3, 0.4) is 0 Å². The van der Waals surface area contributed by atoms with Crippen molar-refractivity contribution < 1.29 is 19.1 Å². The number of amides is 3. The lowest BCUT2D eigenvalue weighted by Crippen LogP contribution is -2.40. The lowest BCUT2D eigenvalue weighted by atomic mass is 10.1. The molecule has 2 aliphatic heterocycles. The molecule has 3 amide bonds. The van der Waals surface area contributed by atoms with Gasteiger partial charge in [0.1, 0.15) is 5.78 Å². The summed E-state index contributed by atoms with van der Waals surface area (Å²) in [5, 5.41) is 8.69. The fourth-order valence-corrected chi connectivity index (χ4v) is 4.55. The van der Waals surface area contributed by atoms with Crippen molar-refractivity contribution in [1.29, 1.82) is 0 Å². The second-order valence-electron chi connectivity index (χ2n) is 6.53. The second-order valence-corrected chi connectivity index (χ2v) is 7.81. The molecule has 142 valence electrons. The van der Waals surface area contributed by atoms with E-state index in [0.717, 1.165) is 25.0 Å². The van der Waals surface area contributed by atoms with Crippen molar-refractivity contribution >= 4 is 29.5 Å². The summed E-state index contributed by atoms with van der Waals surface area (Å²) in [7, 11) is 0. The fraction of sp³-hybridized carbons (Fsp3) is 0.824. The first kappa shape index (κ1) is 20.0. The number of urea groups is 1. The molecule has 0 spiro atoms. The molecule has 3 atom stereocenters. The Balaban J connectivity index is 1.47. The van der Waals surface area contributed by atoms with E-state index in [0.29, 0.717) is 39.0 Å². The molecule has 8 heteroatoms. The molecule has 2 heterocycles. The fourth-order valence-electron chi connectivity index (χ4n) is 3.07. The van der Waals surface area contributed by atoms with Gasteiger partial charge in [0.05, 0.1) is 25.3 Å². The Hall–Kier alpha value is -1.28. The van der Waals surface area contributed by atoms with Gasteiger partial charge in [0.25, 0.3) is 0 Å². The Labute approximate surface area is 153 Å². The number of carbonyl (C=O) groups excluding carboxylic acids is 3. The molecule has 1 unspecified atom stereocenters. The molecule has 2 rings (SSSR count). The molecule has 0 bridgehead atoms. The Kier molecular flexibility index (Phi) is 8.54. The van der Waals surface area contributed by atoms with Gasteiger partial charge in [-0.1, -0.05) is 19.8 Å². The summed E-state index contributed by atoms with van der Waals surface area (Å²) in [6.45, 7) is 3.39. The van der Waals surface area contributed by atoms with Crippen LogP contribution in [0, 0.1) is 0 Å². The Morgan fingerprint density at radius 3 is 2.88 bits per heavy atom. The zero-order valence-electron chi connectivity index (χ0n) is 14.8. The minimum Gasteiger partial charge on any atom is -0.379 e. The molecule has 2 aliphatic rings. The van der Waals surface area contributed by atoms with Crippen molar-refractivity contribution in [1.82, 2.24) is 16.0 Å². The molecule has 7 nitrogen and oxygen atoms in total. The summed E-state index contributed by atoms with van der Waals surface area (Å²) in [5.41, 5.74) is 0. The molecule has 0 aromatic carbocycles. The molecule has 2 fully saturated rings. The van der Waals surface area contributed by atoms with Crippen LogP contribution in [-0.2, 0) is 14.3 Å². The van der Waals surface area contributed by atoms with E-state index >= 15 is 0 Å². The highest BCUT2D eigenvalue weighted by Crippen LogP contribution is 2.31. The molecule has 2 saturated heterocycles. The number of unbranched alkanes of at least 4 members (excludes halogenated alkanes) is 2. The zero-order valence-corrected chi connectivity index (χ0v) is 15.7. The second kappa shape index (κ2) is 10.7. The van der Waals surface area contributed by atoms with Crippen molar-refractivity contribution in [2.24, 2.45) is 0 Å². The average molecular weight is 372 g/mol. The van der Waals surface area contributed by atoms with E-state index in [9.17, 15) is 14.4 Å². The third kappa shape index (κ3) is 6.86. The third-order valence-corrected chi connectivity index (χ3v) is 5.92. The van der Waals surface area contributed by atoms with Crippen LogP contribution >= 0.6 is 11.8 Å². The van der Waals surface area contributed by atoms with Crippen LogP contribution in [0.4, 0.5) is 4.79 Å². The van der Waals surface area contributed by atoms with Crippen LogP contribution in [0.15, 0.2) is 0 Å². The van der Waals surface area contributed by atoms with E-state index in [2.05, 4.69) is 22.9 Å². The monoisotopic (exact) mass is 371 g/mol. The van der Waals surface area contributed by atoms with E-state index < -0.39 is 0 Å². The van der Waals surface area contributed by atoms with Crippen LogP contribution < -0.4 is 16.0 Å². The number of fused-ring (bicyclic) bond motifs is 1. The van der Waals surface area contributed by atoms with Crippen LogP contribution in [0.25, 0.3) is 0 Å². The van der Waals surface area contributed by atoms with E-state index in [1.54, 1.807) is 11.8 Å². The molecule has 0 saturated carbocycles. The number of hydrogen-bond acceptors (Lipinski definition) is 5. The van der Waals surface area contributed by atoms with Crippen LogP contribution in [0.1, 0.15) is 45.4 Å². The number of nitrogens with one attached hydrogen (secondary N) is 3. The van der Waals surface area contributed by atoms with Crippen LogP contribution in [0.2, 0.25) is 0 Å². The van der Waals surface area contributed by atoms with Gasteiger partial charge < -0.3 is 20.7 Å². The highest BCUT2D eigenvalue weighted by atomic mass is 32.2. The Morgan fingerprint density at radius 2 is 2.08 bits per heavy atom. The first-order chi connectivity index (χ1) is 12.1. The van der Waals surface area contributed by atoms with Gasteiger partial charge in [-0.25, -0.2) is 4.79 Å². The molecule has 0 radical (unpaired) electrons. The maximum atomic E-state index is 12.0. The van der Waals surface area contributed by atoms with Gasteiger partial charge in [-0.05, 0) is 6.42 Å². The van der Waals surface area contributed by atoms with Crippen molar-refractivity contribution in [2.45, 2.75) is 62.8 Å². The van der Waals surface area contributed by atoms with Crippen molar-refractivity contribution in [2.75, 3.05) is 25.5 Å². The zero-order chi connectivity index (χ0) is 18.1. The van der Waals surface area contributed by atoms with Gasteiger partial charge in [-0.2, -0.15) is 11.8 Å². The van der Waals surface area contributed by atoms with Gasteiger partial charge in [-0.15, -0.1) is 0 Å². The van der Waals surface area contributed by atoms with E-state index in [1.165, 1.54) is 0 Å². The summed E-state index contributed by atoms with van der Waals surface area (Å²) in [4.78, 5) is 34.9. The maximum Gasteiger partial charge on any atom is 0.315 e. The van der Waals surface area contributed by atoms with Crippen molar-refractivity contribution in [3.05, 3.63) is 0 Å². The van der Waals surface area contributed by atoms with E-state index in [4.69, 9.17) is 4.74 Å². The number of rotatable bonds is 12. The quantitative estimate of drug-likeness (QED) is 0.354. The maximum absolute atomic E-state index is 12.0. The van der Waals surface area contributed by atoms with Crippen LogP contribution in [-0.4, -0.2) is 60.6 Å². The highest BCUT2D eigenvalue weighted by Gasteiger charge is 2.43. The molecule has 25 heavy (non-hydrogen) atoms. The topological polar surface area (TPSA) is 96.5 Å². The number of hydrogen-bond donors (Lipinski definition) is 3. The number of thioether (sulfide) groups is 1. The number of ketones is 1. The predicted octanol–water partition coefficient (Wildman–Crippen LogP) is 1.21. The molecule has 0 aliphatic carbocycles. The summed E-state index contributed by atoms with van der Waals surface area (Å²) in [6.07, 6.45) is 4.66. The normalized spacial score (nSPS) is 24.5. The highest BCUT2D eigenvalue weighted by molar-refractivity contribution is 8.00. The smallest absolute Gasteiger partial charge is 0.315 e. The van der Waals surface area contributed by atoms with Gasteiger partial charge >= 0.3 is 6.03 Å². The standard InChI is InChI=1S/C17H29N3O4S/c1-2-3-4-5-12(21)6-8-24-9-7-18-15(22)10-14-16-13(11-25-14)19-17(23)20-16/h13-14,16H,2-11H2,1H3,(H,18,22)(H2,19,20,23)/t13-,14?,16-/m0/s1. The molecule has 0 aromatic rings. The molecular weight excluding hydrogens is 342 g/mol. The predicted molar refractivity (Wildman–Crippen MR) is 97.7 cm³/mol. The van der Waals surface area contributed by atoms with Gasteiger partial charge in [-0.3, -0.25) is 9.59 Å². The summed E-state index contributed by atoms with van der Waals surface area (Å²) >= 11 is 1.72. The summed E-state index contributed by atoms with van der Waals surface area (Å²) in [6, 6.07) is 0.0325.